The van der Waals surface area contributed by atoms with E-state index in [2.05, 4.69) is 15.8 Å². The van der Waals surface area contributed by atoms with E-state index in [1.807, 2.05) is 48.5 Å². The third kappa shape index (κ3) is 5.38. The molecular formula is C24H24N4O4S. The summed E-state index contributed by atoms with van der Waals surface area (Å²) in [5.41, 5.74) is 5.60. The number of hydrogen-bond donors (Lipinski definition) is 2. The summed E-state index contributed by atoms with van der Waals surface area (Å²) >= 11 is 1.60. The van der Waals surface area contributed by atoms with Crippen LogP contribution in [-0.4, -0.2) is 43.3 Å². The number of amides is 2. The van der Waals surface area contributed by atoms with Crippen LogP contribution in [-0.2, 0) is 16.0 Å². The molecule has 2 aromatic carbocycles. The summed E-state index contributed by atoms with van der Waals surface area (Å²) in [6, 6.07) is 15.7. The summed E-state index contributed by atoms with van der Waals surface area (Å²) in [7, 11) is 3.28. The highest BCUT2D eigenvalue weighted by Gasteiger charge is 2.19. The summed E-state index contributed by atoms with van der Waals surface area (Å²) < 4.78 is 10.6. The van der Waals surface area contributed by atoms with Gasteiger partial charge in [0.15, 0.2) is 0 Å². The van der Waals surface area contributed by atoms with E-state index in [-0.39, 0.29) is 18.2 Å². The van der Waals surface area contributed by atoms with Crippen LogP contribution in [0.25, 0.3) is 21.7 Å². The van der Waals surface area contributed by atoms with E-state index in [0.717, 1.165) is 38.2 Å². The van der Waals surface area contributed by atoms with Gasteiger partial charge in [-0.2, -0.15) is 5.10 Å². The van der Waals surface area contributed by atoms with Crippen LogP contribution >= 0.6 is 11.3 Å². The Morgan fingerprint density at radius 3 is 2.21 bits per heavy atom. The fourth-order valence-electron chi connectivity index (χ4n) is 3.38. The van der Waals surface area contributed by atoms with Gasteiger partial charge in [-0.05, 0) is 54.1 Å². The maximum Gasteiger partial charge on any atom is 0.267 e. The van der Waals surface area contributed by atoms with Gasteiger partial charge >= 0.3 is 0 Å². The second-order valence-electron chi connectivity index (χ2n) is 7.34. The van der Waals surface area contributed by atoms with E-state index in [1.54, 1.807) is 25.6 Å². The molecule has 1 aliphatic heterocycles. The Hall–Kier alpha value is -3.72. The molecule has 0 bridgehead atoms. The molecule has 33 heavy (non-hydrogen) atoms. The summed E-state index contributed by atoms with van der Waals surface area (Å²) in [6.07, 6.45) is 1.20. The van der Waals surface area contributed by atoms with E-state index in [1.165, 1.54) is 0 Å². The van der Waals surface area contributed by atoms with Crippen LogP contribution < -0.4 is 20.2 Å². The number of hydrazone groups is 1. The van der Waals surface area contributed by atoms with Crippen molar-refractivity contribution in [2.24, 2.45) is 5.10 Å². The summed E-state index contributed by atoms with van der Waals surface area (Å²) in [4.78, 5) is 29.4. The number of nitrogens with one attached hydrogen (secondary N) is 2. The van der Waals surface area contributed by atoms with E-state index < -0.39 is 0 Å². The Morgan fingerprint density at radius 1 is 1.00 bits per heavy atom. The number of thiazole rings is 1. The number of nitrogens with zero attached hydrogens (tertiary/aromatic N) is 2. The summed E-state index contributed by atoms with van der Waals surface area (Å²) in [5, 5.41) is 7.61. The largest absolute Gasteiger partial charge is 0.497 e. The zero-order valence-corrected chi connectivity index (χ0v) is 19.2. The molecule has 3 aromatic rings. The number of carbonyl (C=O) groups is 2. The zero-order valence-electron chi connectivity index (χ0n) is 18.4. The van der Waals surface area contributed by atoms with Gasteiger partial charge in [0.2, 0.25) is 5.91 Å². The van der Waals surface area contributed by atoms with Gasteiger partial charge in [0.05, 0.1) is 29.8 Å². The van der Waals surface area contributed by atoms with Crippen molar-refractivity contribution < 1.29 is 19.1 Å². The number of benzene rings is 2. The SMILES string of the molecule is COc1ccc(-c2nc(CCNC(=O)C3=NNC(=O)CC3)sc2-c2ccc(OC)cc2)cc1. The first-order chi connectivity index (χ1) is 16.1. The van der Waals surface area contributed by atoms with Gasteiger partial charge in [0, 0.05) is 31.4 Å². The maximum atomic E-state index is 12.3. The van der Waals surface area contributed by atoms with Gasteiger partial charge in [-0.15, -0.1) is 11.3 Å². The highest BCUT2D eigenvalue weighted by atomic mass is 32.1. The number of carbonyl (C=O) groups excluding carboxylic acids is 2. The molecule has 0 spiro atoms. The molecule has 2 N–H and O–H groups in total. The molecule has 0 fully saturated rings. The van der Waals surface area contributed by atoms with Crippen molar-refractivity contribution >= 4 is 28.9 Å². The predicted octanol–water partition coefficient (Wildman–Crippen LogP) is 3.42. The Kier molecular flexibility index (Phi) is 6.99. The first-order valence-corrected chi connectivity index (χ1v) is 11.3. The van der Waals surface area contributed by atoms with Gasteiger partial charge < -0.3 is 14.8 Å². The van der Waals surface area contributed by atoms with E-state index in [4.69, 9.17) is 14.5 Å². The summed E-state index contributed by atoms with van der Waals surface area (Å²) in [6.45, 7) is 0.420. The first kappa shape index (κ1) is 22.5. The molecule has 170 valence electrons. The number of rotatable bonds is 8. The lowest BCUT2D eigenvalue weighted by atomic mass is 10.1. The van der Waals surface area contributed by atoms with Crippen LogP contribution in [0.5, 0.6) is 11.5 Å². The highest BCUT2D eigenvalue weighted by Crippen LogP contribution is 2.38. The molecule has 2 heterocycles. The molecule has 1 aromatic heterocycles. The van der Waals surface area contributed by atoms with Crippen LogP contribution in [0.1, 0.15) is 17.8 Å². The molecular weight excluding hydrogens is 440 g/mol. The van der Waals surface area contributed by atoms with Crippen LogP contribution in [0.3, 0.4) is 0 Å². The number of hydrogen-bond acceptors (Lipinski definition) is 7. The Labute approximate surface area is 195 Å². The van der Waals surface area contributed by atoms with Gasteiger partial charge in [0.25, 0.3) is 5.91 Å². The van der Waals surface area contributed by atoms with Crippen molar-refractivity contribution in [3.63, 3.8) is 0 Å². The van der Waals surface area contributed by atoms with E-state index in [9.17, 15) is 9.59 Å². The van der Waals surface area contributed by atoms with Gasteiger partial charge in [0.1, 0.15) is 17.2 Å². The van der Waals surface area contributed by atoms with Gasteiger partial charge in [-0.3, -0.25) is 9.59 Å². The van der Waals surface area contributed by atoms with Gasteiger partial charge in [-0.25, -0.2) is 10.4 Å². The second-order valence-corrected chi connectivity index (χ2v) is 8.43. The van der Waals surface area contributed by atoms with Crippen LogP contribution in [0.15, 0.2) is 53.6 Å². The lowest BCUT2D eigenvalue weighted by molar-refractivity contribution is -0.121. The van der Waals surface area contributed by atoms with E-state index >= 15 is 0 Å². The number of aromatic nitrogens is 1. The van der Waals surface area contributed by atoms with Crippen molar-refractivity contribution in [3.05, 3.63) is 53.5 Å². The van der Waals surface area contributed by atoms with Crippen molar-refractivity contribution in [2.75, 3.05) is 20.8 Å². The van der Waals surface area contributed by atoms with Crippen molar-refractivity contribution in [2.45, 2.75) is 19.3 Å². The molecule has 0 radical (unpaired) electrons. The minimum Gasteiger partial charge on any atom is -0.497 e. The molecule has 1 aliphatic rings. The molecule has 4 rings (SSSR count). The predicted molar refractivity (Wildman–Crippen MR) is 128 cm³/mol. The molecule has 0 unspecified atom stereocenters. The van der Waals surface area contributed by atoms with Gasteiger partial charge in [-0.1, -0.05) is 0 Å². The Morgan fingerprint density at radius 2 is 1.64 bits per heavy atom. The van der Waals surface area contributed by atoms with Crippen molar-refractivity contribution in [1.82, 2.24) is 15.7 Å². The Bertz CT molecular complexity index is 1110. The minimum absolute atomic E-state index is 0.175. The first-order valence-electron chi connectivity index (χ1n) is 10.5. The van der Waals surface area contributed by atoms with Crippen LogP contribution in [0, 0.1) is 0 Å². The molecule has 0 saturated carbocycles. The lowest BCUT2D eigenvalue weighted by Gasteiger charge is -2.11. The monoisotopic (exact) mass is 464 g/mol. The molecule has 8 nitrogen and oxygen atoms in total. The second kappa shape index (κ2) is 10.3. The average Bonchev–Trinajstić information content (AvgIpc) is 3.28. The number of ether oxygens (including phenoxy) is 2. The van der Waals surface area contributed by atoms with E-state index in [0.29, 0.717) is 25.1 Å². The third-order valence-electron chi connectivity index (χ3n) is 5.18. The quantitative estimate of drug-likeness (QED) is 0.532. The average molecular weight is 465 g/mol. The summed E-state index contributed by atoms with van der Waals surface area (Å²) in [5.74, 6) is 1.13. The molecule has 2 amide bonds. The number of methoxy groups -OCH3 is 2. The van der Waals surface area contributed by atoms with Crippen LogP contribution in [0.2, 0.25) is 0 Å². The molecule has 9 heteroatoms. The smallest absolute Gasteiger partial charge is 0.267 e. The minimum atomic E-state index is -0.266. The third-order valence-corrected chi connectivity index (χ3v) is 6.34. The van der Waals surface area contributed by atoms with Crippen LogP contribution in [0.4, 0.5) is 0 Å². The normalized spacial score (nSPS) is 13.2. The highest BCUT2D eigenvalue weighted by molar-refractivity contribution is 7.15. The fourth-order valence-corrected chi connectivity index (χ4v) is 4.47. The Balaban J connectivity index is 1.53. The topological polar surface area (TPSA) is 102 Å². The lowest BCUT2D eigenvalue weighted by Crippen LogP contribution is -2.37. The zero-order chi connectivity index (χ0) is 23.2. The maximum absolute atomic E-state index is 12.3. The molecule has 0 saturated heterocycles. The molecule has 0 atom stereocenters. The standard InChI is InChI=1S/C24H24N4O4S/c1-31-17-7-3-15(4-8-17)22-23(16-5-9-18(32-2)10-6-16)33-21(26-22)13-14-25-24(30)19-11-12-20(29)28-27-19/h3-10H,11-14H2,1-2H3,(H,25,30)(H,28,29). The molecule has 0 aliphatic carbocycles. The fraction of sp³-hybridized carbons (Fsp3) is 0.250. The van der Waals surface area contributed by atoms with Crippen molar-refractivity contribution in [1.29, 1.82) is 0 Å². The van der Waals surface area contributed by atoms with Crippen molar-refractivity contribution in [3.8, 4) is 33.2 Å².